The van der Waals surface area contributed by atoms with Crippen LogP contribution in [0.2, 0.25) is 0 Å². The first kappa shape index (κ1) is 30.2. The van der Waals surface area contributed by atoms with Gasteiger partial charge in [0.15, 0.2) is 0 Å². The summed E-state index contributed by atoms with van der Waals surface area (Å²) in [4.78, 5) is 50.1. The fourth-order valence-electron chi connectivity index (χ4n) is 3.31. The summed E-state index contributed by atoms with van der Waals surface area (Å²) in [6.45, 7) is 6.83. The molecule has 0 heterocycles. The minimum absolute atomic E-state index is 0.104. The molecule has 1 aromatic carbocycles. The molecule has 0 fully saturated rings. The van der Waals surface area contributed by atoms with Gasteiger partial charge >= 0.3 is 5.97 Å². The first-order valence-corrected chi connectivity index (χ1v) is 12.9. The van der Waals surface area contributed by atoms with Crippen molar-refractivity contribution in [2.24, 2.45) is 17.6 Å². The van der Waals surface area contributed by atoms with Crippen molar-refractivity contribution in [2.75, 3.05) is 12.0 Å². The van der Waals surface area contributed by atoms with Crippen molar-refractivity contribution in [1.29, 1.82) is 0 Å². The lowest BCUT2D eigenvalue weighted by Gasteiger charge is -2.27. The van der Waals surface area contributed by atoms with Gasteiger partial charge < -0.3 is 31.9 Å². The number of hydrogen-bond acceptors (Lipinski definition) is 7. The van der Waals surface area contributed by atoms with Crippen LogP contribution in [-0.2, 0) is 25.6 Å². The fourth-order valence-corrected chi connectivity index (χ4v) is 3.78. The lowest BCUT2D eigenvalue weighted by Crippen LogP contribution is -2.59. The van der Waals surface area contributed by atoms with Crippen LogP contribution in [0.15, 0.2) is 24.3 Å². The van der Waals surface area contributed by atoms with Crippen molar-refractivity contribution >= 4 is 35.5 Å². The van der Waals surface area contributed by atoms with E-state index in [-0.39, 0.29) is 24.0 Å². The third-order valence-corrected chi connectivity index (χ3v) is 6.09. The van der Waals surface area contributed by atoms with Crippen molar-refractivity contribution < 1.29 is 29.4 Å². The quantitative estimate of drug-likeness (QED) is 0.214. The third-order valence-electron chi connectivity index (χ3n) is 5.45. The molecule has 0 saturated carbocycles. The molecule has 0 aliphatic rings. The van der Waals surface area contributed by atoms with Gasteiger partial charge in [-0.05, 0) is 54.4 Å². The summed E-state index contributed by atoms with van der Waals surface area (Å²) in [6.07, 6.45) is 2.41. The highest BCUT2D eigenvalue weighted by Crippen LogP contribution is 2.12. The van der Waals surface area contributed by atoms with Gasteiger partial charge in [-0.25, -0.2) is 4.79 Å². The number of thioether (sulfide) groups is 1. The van der Waals surface area contributed by atoms with Crippen LogP contribution in [0, 0.1) is 11.8 Å². The Morgan fingerprint density at radius 1 is 0.886 bits per heavy atom. The molecule has 0 saturated heterocycles. The SMILES string of the molecule is CSCCC(NC(=O)C(N)Cc1ccc(O)cc1)C(=O)NC(C(=O)NC(C(=O)O)C(C)C)C(C)C. The molecule has 0 aliphatic carbocycles. The van der Waals surface area contributed by atoms with Crippen molar-refractivity contribution in [3.63, 3.8) is 0 Å². The molecule has 7 N–H and O–H groups in total. The van der Waals surface area contributed by atoms with E-state index in [0.29, 0.717) is 12.2 Å². The predicted molar refractivity (Wildman–Crippen MR) is 136 cm³/mol. The van der Waals surface area contributed by atoms with Gasteiger partial charge in [0.25, 0.3) is 0 Å². The summed E-state index contributed by atoms with van der Waals surface area (Å²) in [5.74, 6) is -2.81. The number of nitrogens with two attached hydrogens (primary N) is 1. The Bertz CT molecular complexity index is 862. The van der Waals surface area contributed by atoms with E-state index >= 15 is 0 Å². The molecule has 3 amide bonds. The Hall–Kier alpha value is -2.79. The highest BCUT2D eigenvalue weighted by atomic mass is 32.2. The zero-order valence-corrected chi connectivity index (χ0v) is 21.7. The number of nitrogens with one attached hydrogen (secondary N) is 3. The van der Waals surface area contributed by atoms with E-state index in [4.69, 9.17) is 5.73 Å². The number of benzene rings is 1. The van der Waals surface area contributed by atoms with Gasteiger partial charge in [-0.3, -0.25) is 14.4 Å². The normalized spacial score (nSPS) is 14.6. The molecule has 11 heteroatoms. The number of carbonyl (C=O) groups excluding carboxylic acids is 3. The number of carboxylic acids is 1. The Labute approximate surface area is 210 Å². The van der Waals surface area contributed by atoms with Gasteiger partial charge in [0.2, 0.25) is 17.7 Å². The van der Waals surface area contributed by atoms with Crippen molar-refractivity contribution in [1.82, 2.24) is 16.0 Å². The number of aliphatic carboxylic acids is 1. The fraction of sp³-hybridized carbons (Fsp3) is 0.583. The first-order valence-electron chi connectivity index (χ1n) is 11.5. The maximum atomic E-state index is 13.1. The highest BCUT2D eigenvalue weighted by Gasteiger charge is 2.32. The second kappa shape index (κ2) is 14.6. The molecular formula is C24H38N4O6S. The zero-order chi connectivity index (χ0) is 26.7. The molecule has 0 spiro atoms. The number of amides is 3. The summed E-state index contributed by atoms with van der Waals surface area (Å²) in [5.41, 5.74) is 6.80. The Morgan fingerprint density at radius 2 is 1.43 bits per heavy atom. The third kappa shape index (κ3) is 10.2. The molecule has 10 nitrogen and oxygen atoms in total. The standard InChI is InChI=1S/C24H38N4O6S/c1-13(2)19(23(32)28-20(14(3)4)24(33)34)27-22(31)18(10-11-35-5)26-21(30)17(25)12-15-6-8-16(29)9-7-15/h6-9,13-14,17-20,29H,10-12,25H2,1-5H3,(H,26,30)(H,27,31)(H,28,32)(H,33,34). The number of rotatable bonds is 14. The van der Waals surface area contributed by atoms with Gasteiger partial charge in [0, 0.05) is 0 Å². The number of carboxylic acid groups (broad SMARTS) is 1. The minimum Gasteiger partial charge on any atom is -0.508 e. The number of aromatic hydroxyl groups is 1. The Kier molecular flexibility index (Phi) is 12.6. The van der Waals surface area contributed by atoms with E-state index in [2.05, 4.69) is 16.0 Å². The molecule has 196 valence electrons. The topological polar surface area (TPSA) is 171 Å². The molecule has 35 heavy (non-hydrogen) atoms. The maximum Gasteiger partial charge on any atom is 0.326 e. The van der Waals surface area contributed by atoms with Gasteiger partial charge in [0.1, 0.15) is 23.9 Å². The number of carbonyl (C=O) groups is 4. The van der Waals surface area contributed by atoms with E-state index in [1.807, 2.05) is 6.26 Å². The molecule has 1 aromatic rings. The molecule has 0 bridgehead atoms. The average Bonchev–Trinajstić information content (AvgIpc) is 2.78. The van der Waals surface area contributed by atoms with Crippen LogP contribution in [0.4, 0.5) is 0 Å². The van der Waals surface area contributed by atoms with Crippen molar-refractivity contribution in [2.45, 2.75) is 64.7 Å². The minimum atomic E-state index is -1.16. The summed E-state index contributed by atoms with van der Waals surface area (Å²) in [5, 5.41) is 26.6. The molecular weight excluding hydrogens is 472 g/mol. The second-order valence-corrected chi connectivity index (χ2v) is 10.1. The number of phenolic OH excluding ortho intramolecular Hbond substituents is 1. The van der Waals surface area contributed by atoms with Crippen LogP contribution in [0.5, 0.6) is 5.75 Å². The molecule has 0 radical (unpaired) electrons. The lowest BCUT2D eigenvalue weighted by molar-refractivity contribution is -0.143. The largest absolute Gasteiger partial charge is 0.508 e. The number of phenols is 1. The average molecular weight is 511 g/mol. The zero-order valence-electron chi connectivity index (χ0n) is 20.9. The van der Waals surface area contributed by atoms with Gasteiger partial charge in [-0.2, -0.15) is 11.8 Å². The van der Waals surface area contributed by atoms with Gasteiger partial charge in [-0.15, -0.1) is 0 Å². The summed E-state index contributed by atoms with van der Waals surface area (Å²) in [7, 11) is 0. The lowest BCUT2D eigenvalue weighted by atomic mass is 9.99. The summed E-state index contributed by atoms with van der Waals surface area (Å²) < 4.78 is 0. The predicted octanol–water partition coefficient (Wildman–Crippen LogP) is 0.866. The van der Waals surface area contributed by atoms with E-state index in [1.54, 1.807) is 39.8 Å². The molecule has 0 aromatic heterocycles. The van der Waals surface area contributed by atoms with Crippen LogP contribution in [-0.4, -0.2) is 70.1 Å². The van der Waals surface area contributed by atoms with Crippen LogP contribution in [0.25, 0.3) is 0 Å². The highest BCUT2D eigenvalue weighted by molar-refractivity contribution is 7.98. The molecule has 4 unspecified atom stereocenters. The Balaban J connectivity index is 2.91. The monoisotopic (exact) mass is 510 g/mol. The van der Waals surface area contributed by atoms with Crippen molar-refractivity contribution in [3.8, 4) is 5.75 Å². The first-order chi connectivity index (χ1) is 16.4. The summed E-state index contributed by atoms with van der Waals surface area (Å²) >= 11 is 1.50. The van der Waals surface area contributed by atoms with Crippen LogP contribution < -0.4 is 21.7 Å². The second-order valence-electron chi connectivity index (χ2n) is 9.12. The van der Waals surface area contributed by atoms with Crippen LogP contribution >= 0.6 is 11.8 Å². The maximum absolute atomic E-state index is 13.1. The molecule has 4 atom stereocenters. The smallest absolute Gasteiger partial charge is 0.326 e. The molecule has 1 rings (SSSR count). The van der Waals surface area contributed by atoms with Gasteiger partial charge in [0.05, 0.1) is 6.04 Å². The van der Waals surface area contributed by atoms with E-state index < -0.39 is 47.9 Å². The van der Waals surface area contributed by atoms with Gasteiger partial charge in [-0.1, -0.05) is 39.8 Å². The van der Waals surface area contributed by atoms with Crippen LogP contribution in [0.1, 0.15) is 39.7 Å². The van der Waals surface area contributed by atoms with Crippen LogP contribution in [0.3, 0.4) is 0 Å². The van der Waals surface area contributed by atoms with E-state index in [9.17, 15) is 29.4 Å². The Morgan fingerprint density at radius 3 is 1.91 bits per heavy atom. The molecule has 0 aliphatic heterocycles. The number of hydrogen-bond donors (Lipinski definition) is 6. The van der Waals surface area contributed by atoms with Crippen molar-refractivity contribution in [3.05, 3.63) is 29.8 Å². The van der Waals surface area contributed by atoms with E-state index in [0.717, 1.165) is 5.56 Å². The van der Waals surface area contributed by atoms with E-state index in [1.165, 1.54) is 23.9 Å². The summed E-state index contributed by atoms with van der Waals surface area (Å²) in [6, 6.07) is 2.40.